The van der Waals surface area contributed by atoms with Crippen LogP contribution < -0.4 is 5.32 Å². The van der Waals surface area contributed by atoms with Crippen molar-refractivity contribution in [3.8, 4) is 0 Å². The molecular formula is C17H15N3O3S. The molecule has 2 heterocycles. The van der Waals surface area contributed by atoms with Crippen LogP contribution in [0.3, 0.4) is 0 Å². The van der Waals surface area contributed by atoms with Crippen molar-refractivity contribution >= 4 is 34.5 Å². The lowest BCUT2D eigenvalue weighted by Gasteiger charge is -2.10. The number of fused-ring (bicyclic) bond motifs is 2. The van der Waals surface area contributed by atoms with Gasteiger partial charge in [-0.05, 0) is 31.0 Å². The van der Waals surface area contributed by atoms with Gasteiger partial charge in [-0.2, -0.15) is 8.75 Å². The second-order valence-electron chi connectivity index (χ2n) is 5.88. The van der Waals surface area contributed by atoms with Crippen LogP contribution in [0.4, 0.5) is 0 Å². The molecule has 4 rings (SSSR count). The van der Waals surface area contributed by atoms with Crippen molar-refractivity contribution in [2.24, 2.45) is 0 Å². The van der Waals surface area contributed by atoms with Crippen LogP contribution in [0, 0.1) is 6.92 Å². The molecule has 0 fully saturated rings. The molecule has 1 N–H and O–H groups in total. The zero-order chi connectivity index (χ0) is 16.7. The maximum Gasteiger partial charge on any atom is 0.255 e. The predicted molar refractivity (Wildman–Crippen MR) is 89.3 cm³/mol. The van der Waals surface area contributed by atoms with E-state index in [1.54, 1.807) is 6.92 Å². The summed E-state index contributed by atoms with van der Waals surface area (Å²) in [5.74, 6) is 0.869. The number of rotatable bonds is 3. The van der Waals surface area contributed by atoms with Gasteiger partial charge in [-0.15, -0.1) is 0 Å². The maximum absolute atomic E-state index is 12.6. The highest BCUT2D eigenvalue weighted by Gasteiger charge is 2.30. The average molecular weight is 341 g/mol. The molecule has 0 spiro atoms. The number of nitrogens with zero attached hydrogens (tertiary/aromatic N) is 2. The van der Waals surface area contributed by atoms with Crippen LogP contribution in [0.15, 0.2) is 22.6 Å². The van der Waals surface area contributed by atoms with Gasteiger partial charge in [-0.25, -0.2) is 0 Å². The van der Waals surface area contributed by atoms with E-state index in [9.17, 15) is 9.59 Å². The first-order valence-corrected chi connectivity index (χ1v) is 8.51. The minimum absolute atomic E-state index is 0.00628. The molecule has 3 aromatic rings. The first-order chi connectivity index (χ1) is 11.6. The fourth-order valence-electron chi connectivity index (χ4n) is 3.09. The molecule has 0 radical (unpaired) electrons. The van der Waals surface area contributed by atoms with Crippen molar-refractivity contribution in [1.29, 1.82) is 0 Å². The van der Waals surface area contributed by atoms with Crippen molar-refractivity contribution < 1.29 is 14.0 Å². The summed E-state index contributed by atoms with van der Waals surface area (Å²) < 4.78 is 14.0. The Morgan fingerprint density at radius 3 is 3.00 bits per heavy atom. The van der Waals surface area contributed by atoms with Gasteiger partial charge >= 0.3 is 0 Å². The molecule has 0 aliphatic heterocycles. The Hall–Kier alpha value is -2.54. The van der Waals surface area contributed by atoms with Crippen LogP contribution in [0.2, 0.25) is 0 Å². The summed E-state index contributed by atoms with van der Waals surface area (Å²) in [4.78, 5) is 24.7. The standard InChI is InChI=1S/C17H15N3O3S/c1-9-15(16-13(21)3-2-4-14(16)23-9)17(22)18-8-10-5-6-11-12(7-10)20-24-19-11/h5-7H,2-4,8H2,1H3,(H,18,22). The second kappa shape index (κ2) is 5.83. The molecule has 0 bridgehead atoms. The summed E-state index contributed by atoms with van der Waals surface area (Å²) in [6, 6.07) is 5.70. The summed E-state index contributed by atoms with van der Waals surface area (Å²) in [5, 5.41) is 2.87. The number of amides is 1. The van der Waals surface area contributed by atoms with E-state index in [4.69, 9.17) is 4.42 Å². The fraction of sp³-hybridized carbons (Fsp3) is 0.294. The third-order valence-corrected chi connectivity index (χ3v) is 4.80. The van der Waals surface area contributed by atoms with E-state index in [2.05, 4.69) is 14.1 Å². The Morgan fingerprint density at radius 1 is 1.29 bits per heavy atom. The summed E-state index contributed by atoms with van der Waals surface area (Å²) in [6.07, 6.45) is 1.96. The van der Waals surface area contributed by atoms with Crippen molar-refractivity contribution in [1.82, 2.24) is 14.1 Å². The average Bonchev–Trinajstić information content (AvgIpc) is 3.16. The van der Waals surface area contributed by atoms with E-state index in [1.165, 1.54) is 0 Å². The van der Waals surface area contributed by atoms with E-state index in [0.717, 1.165) is 34.7 Å². The van der Waals surface area contributed by atoms with E-state index in [-0.39, 0.29) is 11.7 Å². The maximum atomic E-state index is 12.6. The SMILES string of the molecule is Cc1oc2c(c1C(=O)NCc1ccc3nsnc3c1)C(=O)CCC2. The van der Waals surface area contributed by atoms with E-state index in [0.29, 0.717) is 42.0 Å². The number of ketones is 1. The Bertz CT molecular complexity index is 957. The Morgan fingerprint density at radius 2 is 2.12 bits per heavy atom. The lowest BCUT2D eigenvalue weighted by molar-refractivity contribution is 0.0926. The largest absolute Gasteiger partial charge is 0.465 e. The van der Waals surface area contributed by atoms with Gasteiger partial charge in [-0.3, -0.25) is 9.59 Å². The molecule has 0 saturated heterocycles. The zero-order valence-corrected chi connectivity index (χ0v) is 13.9. The highest BCUT2D eigenvalue weighted by atomic mass is 32.1. The highest BCUT2D eigenvalue weighted by Crippen LogP contribution is 2.29. The Kier molecular flexibility index (Phi) is 3.65. The summed E-state index contributed by atoms with van der Waals surface area (Å²) in [7, 11) is 0. The highest BCUT2D eigenvalue weighted by molar-refractivity contribution is 7.00. The van der Waals surface area contributed by atoms with Gasteiger partial charge in [0.05, 0.1) is 22.9 Å². The fourth-order valence-corrected chi connectivity index (χ4v) is 3.61. The molecule has 0 unspecified atom stereocenters. The number of aromatic nitrogens is 2. The minimum Gasteiger partial charge on any atom is -0.465 e. The molecule has 1 amide bonds. The van der Waals surface area contributed by atoms with Gasteiger partial charge < -0.3 is 9.73 Å². The van der Waals surface area contributed by atoms with Crippen LogP contribution in [0.5, 0.6) is 0 Å². The molecule has 6 nitrogen and oxygen atoms in total. The molecule has 1 aliphatic rings. The molecule has 7 heteroatoms. The van der Waals surface area contributed by atoms with Gasteiger partial charge in [0.2, 0.25) is 0 Å². The van der Waals surface area contributed by atoms with Crippen molar-refractivity contribution in [2.45, 2.75) is 32.7 Å². The quantitative estimate of drug-likeness (QED) is 0.791. The third-order valence-electron chi connectivity index (χ3n) is 4.24. The van der Waals surface area contributed by atoms with Gasteiger partial charge in [-0.1, -0.05) is 6.07 Å². The number of carbonyl (C=O) groups excluding carboxylic acids is 2. The number of nitrogens with one attached hydrogen (secondary N) is 1. The minimum atomic E-state index is -0.274. The number of benzene rings is 1. The molecule has 24 heavy (non-hydrogen) atoms. The first kappa shape index (κ1) is 15.0. The molecule has 1 aromatic carbocycles. The number of hydrogen-bond donors (Lipinski definition) is 1. The second-order valence-corrected chi connectivity index (χ2v) is 6.41. The monoisotopic (exact) mass is 341 g/mol. The van der Waals surface area contributed by atoms with Gasteiger partial charge in [0, 0.05) is 19.4 Å². The number of Topliss-reactive ketones (excluding diaryl/α,β-unsaturated/α-hetero) is 1. The smallest absolute Gasteiger partial charge is 0.255 e. The van der Waals surface area contributed by atoms with E-state index in [1.807, 2.05) is 18.2 Å². The van der Waals surface area contributed by atoms with Crippen LogP contribution in [-0.4, -0.2) is 20.4 Å². The molecule has 0 saturated carbocycles. The number of aryl methyl sites for hydroxylation is 2. The predicted octanol–water partition coefficient (Wildman–Crippen LogP) is 3.04. The zero-order valence-electron chi connectivity index (χ0n) is 13.1. The van der Waals surface area contributed by atoms with Crippen LogP contribution in [0.1, 0.15) is 50.6 Å². The Labute approximate surface area is 142 Å². The van der Waals surface area contributed by atoms with Crippen molar-refractivity contribution in [3.63, 3.8) is 0 Å². The summed E-state index contributed by atoms with van der Waals surface area (Å²) in [6.45, 7) is 2.09. The van der Waals surface area contributed by atoms with Gasteiger partial charge in [0.15, 0.2) is 5.78 Å². The third kappa shape index (κ3) is 2.50. The lowest BCUT2D eigenvalue weighted by atomic mass is 9.93. The van der Waals surface area contributed by atoms with Crippen LogP contribution in [-0.2, 0) is 13.0 Å². The lowest BCUT2D eigenvalue weighted by Crippen LogP contribution is -2.25. The normalized spacial score (nSPS) is 14.0. The number of hydrogen-bond acceptors (Lipinski definition) is 6. The van der Waals surface area contributed by atoms with Crippen molar-refractivity contribution in [3.05, 3.63) is 46.4 Å². The van der Waals surface area contributed by atoms with Gasteiger partial charge in [0.1, 0.15) is 22.6 Å². The summed E-state index contributed by atoms with van der Waals surface area (Å²) >= 11 is 1.16. The topological polar surface area (TPSA) is 85.1 Å². The molecule has 122 valence electrons. The molecular weight excluding hydrogens is 326 g/mol. The van der Waals surface area contributed by atoms with E-state index >= 15 is 0 Å². The summed E-state index contributed by atoms with van der Waals surface area (Å²) in [5.41, 5.74) is 3.45. The number of carbonyl (C=O) groups is 2. The number of furan rings is 1. The van der Waals surface area contributed by atoms with Crippen LogP contribution >= 0.6 is 11.7 Å². The Balaban J connectivity index is 1.56. The molecule has 2 aromatic heterocycles. The first-order valence-electron chi connectivity index (χ1n) is 7.78. The van der Waals surface area contributed by atoms with E-state index < -0.39 is 0 Å². The molecule has 1 aliphatic carbocycles. The molecule has 0 atom stereocenters. The van der Waals surface area contributed by atoms with Crippen LogP contribution in [0.25, 0.3) is 11.0 Å². The van der Waals surface area contributed by atoms with Gasteiger partial charge in [0.25, 0.3) is 5.91 Å². The van der Waals surface area contributed by atoms with Crippen molar-refractivity contribution in [2.75, 3.05) is 0 Å².